The lowest BCUT2D eigenvalue weighted by molar-refractivity contribution is -0.192. The van der Waals surface area contributed by atoms with Gasteiger partial charge in [0.15, 0.2) is 0 Å². The van der Waals surface area contributed by atoms with E-state index < -0.39 is 18.3 Å². The van der Waals surface area contributed by atoms with E-state index >= 15 is 0 Å². The third-order valence-electron chi connectivity index (χ3n) is 6.98. The highest BCUT2D eigenvalue weighted by molar-refractivity contribution is 5.73. The smallest absolute Gasteiger partial charge is 0.475 e. The first-order valence-corrected chi connectivity index (χ1v) is 11.8. The molecular formula is C24H32F3NO6. The number of carbonyl (C=O) groups excluding carboxylic acids is 1. The van der Waals surface area contributed by atoms with Gasteiger partial charge >= 0.3 is 18.3 Å². The normalized spacial score (nSPS) is 25.1. The van der Waals surface area contributed by atoms with Crippen molar-refractivity contribution >= 4 is 12.1 Å². The number of nitrogens with one attached hydrogen (secondary N) is 1. The zero-order valence-corrected chi connectivity index (χ0v) is 19.3. The van der Waals surface area contributed by atoms with Crippen molar-refractivity contribution in [3.8, 4) is 5.75 Å². The van der Waals surface area contributed by atoms with Gasteiger partial charge in [0.2, 0.25) is 6.79 Å². The lowest BCUT2D eigenvalue weighted by Crippen LogP contribution is -2.59. The van der Waals surface area contributed by atoms with Gasteiger partial charge in [0.25, 0.3) is 0 Å². The fourth-order valence-corrected chi connectivity index (χ4v) is 5.48. The number of carboxylic acid groups (broad SMARTS) is 1. The summed E-state index contributed by atoms with van der Waals surface area (Å²) in [6, 6.07) is 7.04. The molecular weight excluding hydrogens is 455 g/mol. The Hall–Kier alpha value is -2.49. The molecule has 1 saturated heterocycles. The van der Waals surface area contributed by atoms with Crippen molar-refractivity contribution < 1.29 is 42.1 Å². The summed E-state index contributed by atoms with van der Waals surface area (Å²) in [5.41, 5.74) is 3.24. The van der Waals surface area contributed by atoms with E-state index in [4.69, 9.17) is 24.1 Å². The standard InChI is InChI=1S/C22H31NO4.C2HF3O2/c1-2-3-12-25-21(24)27-15-26-17-8-7-16-13-20-18-6-4-5-9-22(18,10-11-23-20)19(16)14-17;3-2(4,5)1(6)7/h7-8,14,18,20,23H,2-6,9-13,15H2,1H3;(H,6,7)/t18-,20-,22+;/m1./s1. The number of unbranched alkanes of at least 4 members (excludes halogenated alkanes) is 1. The zero-order valence-electron chi connectivity index (χ0n) is 19.3. The fourth-order valence-electron chi connectivity index (χ4n) is 5.48. The summed E-state index contributed by atoms with van der Waals surface area (Å²) in [5.74, 6) is -1.23. The maximum Gasteiger partial charge on any atom is 0.511 e. The second-order valence-electron chi connectivity index (χ2n) is 9.00. The first-order valence-electron chi connectivity index (χ1n) is 11.8. The maximum absolute atomic E-state index is 11.5. The number of hydrogen-bond acceptors (Lipinski definition) is 6. The van der Waals surface area contributed by atoms with Crippen molar-refractivity contribution in [1.29, 1.82) is 0 Å². The van der Waals surface area contributed by atoms with E-state index in [2.05, 4.69) is 24.4 Å². The second kappa shape index (κ2) is 11.3. The summed E-state index contributed by atoms with van der Waals surface area (Å²) in [6.45, 7) is 3.45. The van der Waals surface area contributed by atoms with Crippen molar-refractivity contribution in [3.63, 3.8) is 0 Å². The summed E-state index contributed by atoms with van der Waals surface area (Å²) in [6.07, 6.45) is 3.70. The fraction of sp³-hybridized carbons (Fsp3) is 0.667. The summed E-state index contributed by atoms with van der Waals surface area (Å²) < 4.78 is 47.5. The zero-order chi connectivity index (χ0) is 24.8. The Morgan fingerprint density at radius 3 is 2.68 bits per heavy atom. The van der Waals surface area contributed by atoms with E-state index in [9.17, 15) is 18.0 Å². The minimum absolute atomic E-state index is 0.107. The summed E-state index contributed by atoms with van der Waals surface area (Å²) in [4.78, 5) is 20.4. The Balaban J connectivity index is 0.000000406. The third-order valence-corrected chi connectivity index (χ3v) is 6.98. The molecule has 10 heteroatoms. The average molecular weight is 488 g/mol. The van der Waals surface area contributed by atoms with E-state index in [0.717, 1.165) is 37.5 Å². The molecule has 0 spiro atoms. The van der Waals surface area contributed by atoms with Crippen LogP contribution in [0.2, 0.25) is 0 Å². The van der Waals surface area contributed by atoms with Crippen molar-refractivity contribution in [1.82, 2.24) is 5.32 Å². The van der Waals surface area contributed by atoms with Crippen LogP contribution in [0, 0.1) is 5.92 Å². The van der Waals surface area contributed by atoms with E-state index in [1.807, 2.05) is 6.07 Å². The largest absolute Gasteiger partial charge is 0.511 e. The van der Waals surface area contributed by atoms with Crippen LogP contribution in [-0.4, -0.2) is 49.4 Å². The number of aliphatic carboxylic acids is 1. The molecule has 1 aliphatic heterocycles. The molecule has 0 aromatic heterocycles. The molecule has 7 nitrogen and oxygen atoms in total. The van der Waals surface area contributed by atoms with Crippen molar-refractivity contribution in [3.05, 3.63) is 29.3 Å². The van der Waals surface area contributed by atoms with E-state index in [0.29, 0.717) is 18.1 Å². The molecule has 1 aromatic carbocycles. The molecule has 3 atom stereocenters. The Bertz CT molecular complexity index is 858. The topological polar surface area (TPSA) is 94.1 Å². The molecule has 2 aliphatic carbocycles. The van der Waals surface area contributed by atoms with Crippen LogP contribution < -0.4 is 10.1 Å². The molecule has 1 aromatic rings. The Kier molecular flexibility index (Phi) is 8.67. The number of carbonyl (C=O) groups is 2. The minimum Gasteiger partial charge on any atom is -0.475 e. The maximum atomic E-state index is 11.5. The average Bonchev–Trinajstić information content (AvgIpc) is 2.79. The molecule has 1 heterocycles. The van der Waals surface area contributed by atoms with Gasteiger partial charge in [-0.1, -0.05) is 32.3 Å². The highest BCUT2D eigenvalue weighted by Crippen LogP contribution is 2.54. The first kappa shape index (κ1) is 26.1. The van der Waals surface area contributed by atoms with Crippen LogP contribution in [0.1, 0.15) is 63.0 Å². The van der Waals surface area contributed by atoms with Crippen molar-refractivity contribution in [2.24, 2.45) is 5.92 Å². The van der Waals surface area contributed by atoms with Crippen molar-refractivity contribution in [2.45, 2.75) is 75.9 Å². The van der Waals surface area contributed by atoms with Crippen molar-refractivity contribution in [2.75, 3.05) is 19.9 Å². The van der Waals surface area contributed by atoms with E-state index in [1.54, 1.807) is 0 Å². The van der Waals surface area contributed by atoms with Crippen LogP contribution >= 0.6 is 0 Å². The predicted octanol–water partition coefficient (Wildman–Crippen LogP) is 4.96. The molecule has 190 valence electrons. The molecule has 4 rings (SSSR count). The number of alkyl halides is 3. The summed E-state index contributed by atoms with van der Waals surface area (Å²) in [5, 5.41) is 10.9. The second-order valence-corrected chi connectivity index (χ2v) is 9.00. The van der Waals surface area contributed by atoms with Gasteiger partial charge in [-0.25, -0.2) is 9.59 Å². The van der Waals surface area contributed by atoms with Gasteiger partial charge in [-0.3, -0.25) is 0 Å². The van der Waals surface area contributed by atoms with Crippen LogP contribution in [0.15, 0.2) is 18.2 Å². The number of benzene rings is 1. The summed E-state index contributed by atoms with van der Waals surface area (Å²) >= 11 is 0. The number of carboxylic acids is 1. The molecule has 0 unspecified atom stereocenters. The van der Waals surface area contributed by atoms with Crippen LogP contribution in [0.25, 0.3) is 0 Å². The number of piperidine rings is 1. The van der Waals surface area contributed by atoms with E-state index in [1.165, 1.54) is 43.2 Å². The van der Waals surface area contributed by atoms with Crippen LogP contribution in [0.5, 0.6) is 5.75 Å². The number of rotatable bonds is 6. The van der Waals surface area contributed by atoms with Gasteiger partial charge in [-0.2, -0.15) is 13.2 Å². The lowest BCUT2D eigenvalue weighted by atomic mass is 9.53. The van der Waals surface area contributed by atoms with Gasteiger partial charge in [-0.15, -0.1) is 0 Å². The molecule has 1 saturated carbocycles. The van der Waals surface area contributed by atoms with Gasteiger partial charge in [0.1, 0.15) is 5.75 Å². The Morgan fingerprint density at radius 1 is 1.21 bits per heavy atom. The van der Waals surface area contributed by atoms with E-state index in [-0.39, 0.29) is 6.79 Å². The molecule has 2 bridgehead atoms. The summed E-state index contributed by atoms with van der Waals surface area (Å²) in [7, 11) is 0. The Morgan fingerprint density at radius 2 is 1.97 bits per heavy atom. The van der Waals surface area contributed by atoms with Gasteiger partial charge in [0, 0.05) is 11.5 Å². The monoisotopic (exact) mass is 487 g/mol. The molecule has 0 amide bonds. The first-order chi connectivity index (χ1) is 16.2. The number of fused-ring (bicyclic) bond motifs is 1. The molecule has 3 aliphatic rings. The third kappa shape index (κ3) is 6.14. The van der Waals surface area contributed by atoms with Gasteiger partial charge < -0.3 is 24.6 Å². The predicted molar refractivity (Wildman–Crippen MR) is 117 cm³/mol. The lowest BCUT2D eigenvalue weighted by Gasteiger charge is -2.56. The molecule has 2 N–H and O–H groups in total. The SMILES string of the molecule is CCCCOC(=O)OCOc1ccc2c(c1)[C@]13CCCC[C@@H]1[C@@H](C2)NCC3.O=C(O)C(F)(F)F. The highest BCUT2D eigenvalue weighted by atomic mass is 19.4. The van der Waals surface area contributed by atoms with Crippen LogP contribution in [0.3, 0.4) is 0 Å². The molecule has 2 fully saturated rings. The quantitative estimate of drug-likeness (QED) is 0.333. The molecule has 34 heavy (non-hydrogen) atoms. The van der Waals surface area contributed by atoms with Gasteiger partial charge in [0.05, 0.1) is 6.61 Å². The van der Waals surface area contributed by atoms with Crippen LogP contribution in [-0.2, 0) is 26.1 Å². The minimum atomic E-state index is -5.08. The Labute approximate surface area is 196 Å². The number of halogens is 3. The van der Waals surface area contributed by atoms with Crippen LogP contribution in [0.4, 0.5) is 18.0 Å². The number of hydrogen-bond donors (Lipinski definition) is 2. The highest BCUT2D eigenvalue weighted by Gasteiger charge is 2.51. The number of ether oxygens (including phenoxy) is 3. The van der Waals surface area contributed by atoms with Gasteiger partial charge in [-0.05, 0) is 67.8 Å². The molecule has 0 radical (unpaired) electrons.